The fourth-order valence-electron chi connectivity index (χ4n) is 2.30. The minimum atomic E-state index is -0.288. The molecule has 20 heavy (non-hydrogen) atoms. The summed E-state index contributed by atoms with van der Waals surface area (Å²) in [7, 11) is 0. The second kappa shape index (κ2) is 5.33. The number of rotatable bonds is 4. The summed E-state index contributed by atoms with van der Waals surface area (Å²) in [6, 6.07) is 9.70. The van der Waals surface area contributed by atoms with Crippen LogP contribution in [0.2, 0.25) is 0 Å². The number of benzene rings is 2. The predicted molar refractivity (Wildman–Crippen MR) is 71.8 cm³/mol. The largest absolute Gasteiger partial charge is 0.489 e. The third-order valence-corrected chi connectivity index (χ3v) is 3.27. The van der Waals surface area contributed by atoms with E-state index in [1.165, 1.54) is 12.1 Å². The van der Waals surface area contributed by atoms with Crippen LogP contribution < -0.4 is 9.47 Å². The van der Waals surface area contributed by atoms with Crippen LogP contribution in [0.5, 0.6) is 11.5 Å². The van der Waals surface area contributed by atoms with E-state index in [0.29, 0.717) is 30.1 Å². The fourth-order valence-corrected chi connectivity index (χ4v) is 2.30. The van der Waals surface area contributed by atoms with Crippen LogP contribution in [0.4, 0.5) is 4.39 Å². The highest BCUT2D eigenvalue weighted by atomic mass is 19.1. The van der Waals surface area contributed by atoms with E-state index in [0.717, 1.165) is 17.4 Å². The molecule has 2 aromatic carbocycles. The Hall–Kier alpha value is -2.36. The molecule has 0 bridgehead atoms. The number of ether oxygens (including phenoxy) is 2. The third kappa shape index (κ3) is 2.37. The first-order valence-corrected chi connectivity index (χ1v) is 6.39. The highest BCUT2D eigenvalue weighted by molar-refractivity contribution is 5.80. The molecule has 3 rings (SSSR count). The topological polar surface area (TPSA) is 35.5 Å². The van der Waals surface area contributed by atoms with E-state index < -0.39 is 0 Å². The average Bonchev–Trinajstić information content (AvgIpc) is 2.94. The summed E-state index contributed by atoms with van der Waals surface area (Å²) in [5.74, 6) is 0.933. The van der Waals surface area contributed by atoms with Gasteiger partial charge in [0.25, 0.3) is 0 Å². The molecule has 0 atom stereocenters. The summed E-state index contributed by atoms with van der Waals surface area (Å²) in [4.78, 5) is 11.0. The molecule has 0 saturated heterocycles. The van der Waals surface area contributed by atoms with Crippen LogP contribution in [-0.4, -0.2) is 12.9 Å². The summed E-state index contributed by atoms with van der Waals surface area (Å²) in [6.07, 6.45) is 1.53. The Labute approximate surface area is 115 Å². The van der Waals surface area contributed by atoms with E-state index >= 15 is 0 Å². The first kappa shape index (κ1) is 12.7. The Morgan fingerprint density at radius 2 is 2.20 bits per heavy atom. The molecule has 0 fully saturated rings. The van der Waals surface area contributed by atoms with E-state index in [1.54, 1.807) is 24.3 Å². The van der Waals surface area contributed by atoms with Crippen molar-refractivity contribution in [3.05, 3.63) is 58.9 Å². The highest BCUT2D eigenvalue weighted by Crippen LogP contribution is 2.37. The van der Waals surface area contributed by atoms with Crippen molar-refractivity contribution in [1.29, 1.82) is 0 Å². The lowest BCUT2D eigenvalue weighted by Crippen LogP contribution is -1.98. The number of fused-ring (bicyclic) bond motifs is 1. The Bertz CT molecular complexity index is 652. The van der Waals surface area contributed by atoms with E-state index in [2.05, 4.69) is 0 Å². The van der Waals surface area contributed by atoms with Crippen molar-refractivity contribution in [2.24, 2.45) is 0 Å². The van der Waals surface area contributed by atoms with Gasteiger partial charge in [0.15, 0.2) is 11.5 Å². The lowest BCUT2D eigenvalue weighted by atomic mass is 10.1. The second-order valence-corrected chi connectivity index (χ2v) is 4.60. The number of carbonyl (C=O) groups is 1. The maximum Gasteiger partial charge on any atom is 0.165 e. The molecular formula is C16H13FO3. The third-order valence-electron chi connectivity index (χ3n) is 3.27. The zero-order valence-electron chi connectivity index (χ0n) is 10.8. The Balaban J connectivity index is 1.82. The highest BCUT2D eigenvalue weighted by Gasteiger charge is 2.20. The molecule has 0 aliphatic carbocycles. The van der Waals surface area contributed by atoms with Crippen LogP contribution in [0.25, 0.3) is 0 Å². The fraction of sp³-hybridized carbons (Fsp3) is 0.188. The normalized spacial score (nSPS) is 12.7. The van der Waals surface area contributed by atoms with Crippen LogP contribution in [0.15, 0.2) is 36.4 Å². The molecule has 4 heteroatoms. The molecular weight excluding hydrogens is 259 g/mol. The molecule has 0 N–H and O–H groups in total. The number of carbonyl (C=O) groups excluding carboxylic acids is 1. The quantitative estimate of drug-likeness (QED) is 0.802. The molecule has 2 aromatic rings. The van der Waals surface area contributed by atoms with E-state index in [4.69, 9.17) is 9.47 Å². The summed E-state index contributed by atoms with van der Waals surface area (Å²) in [5, 5.41) is 0. The first-order chi connectivity index (χ1) is 9.78. The summed E-state index contributed by atoms with van der Waals surface area (Å²) in [6.45, 7) is 0.810. The number of halogens is 1. The monoisotopic (exact) mass is 272 g/mol. The molecule has 0 saturated carbocycles. The summed E-state index contributed by atoms with van der Waals surface area (Å²) in [5.41, 5.74) is 2.27. The molecule has 1 heterocycles. The maximum atomic E-state index is 13.1. The van der Waals surface area contributed by atoms with Crippen molar-refractivity contribution in [3.63, 3.8) is 0 Å². The zero-order chi connectivity index (χ0) is 13.9. The van der Waals surface area contributed by atoms with Crippen LogP contribution >= 0.6 is 0 Å². The van der Waals surface area contributed by atoms with Gasteiger partial charge in [-0.2, -0.15) is 0 Å². The van der Waals surface area contributed by atoms with Gasteiger partial charge < -0.3 is 9.47 Å². The average molecular weight is 272 g/mol. The molecule has 1 aliphatic rings. The van der Waals surface area contributed by atoms with Gasteiger partial charge in [-0.25, -0.2) is 4.39 Å². The maximum absolute atomic E-state index is 13.1. The van der Waals surface area contributed by atoms with Gasteiger partial charge >= 0.3 is 0 Å². The molecule has 102 valence electrons. The standard InChI is InChI=1S/C16H13FO3/c17-13-3-1-2-11(8-13)10-20-15-5-4-12(9-18)14-6-7-19-16(14)15/h1-5,8-9H,6-7,10H2. The van der Waals surface area contributed by atoms with Crippen LogP contribution in [-0.2, 0) is 13.0 Å². The second-order valence-electron chi connectivity index (χ2n) is 4.60. The van der Waals surface area contributed by atoms with Gasteiger partial charge in [0.1, 0.15) is 18.7 Å². The first-order valence-electron chi connectivity index (χ1n) is 6.39. The lowest BCUT2D eigenvalue weighted by molar-refractivity contribution is 0.112. The van der Waals surface area contributed by atoms with Gasteiger partial charge in [0.2, 0.25) is 0 Å². The van der Waals surface area contributed by atoms with Gasteiger partial charge in [-0.1, -0.05) is 12.1 Å². The van der Waals surface area contributed by atoms with Crippen molar-refractivity contribution in [1.82, 2.24) is 0 Å². The molecule has 0 amide bonds. The lowest BCUT2D eigenvalue weighted by Gasteiger charge is -2.11. The minimum Gasteiger partial charge on any atom is -0.489 e. The number of aldehydes is 1. The van der Waals surface area contributed by atoms with Crippen molar-refractivity contribution >= 4 is 6.29 Å². The smallest absolute Gasteiger partial charge is 0.165 e. The van der Waals surface area contributed by atoms with Crippen molar-refractivity contribution in [3.8, 4) is 11.5 Å². The Morgan fingerprint density at radius 1 is 1.30 bits per heavy atom. The van der Waals surface area contributed by atoms with Crippen LogP contribution in [0.3, 0.4) is 0 Å². The van der Waals surface area contributed by atoms with Crippen molar-refractivity contribution < 1.29 is 18.7 Å². The Kier molecular flexibility index (Phi) is 3.37. The van der Waals surface area contributed by atoms with Gasteiger partial charge in [0.05, 0.1) is 6.61 Å². The van der Waals surface area contributed by atoms with Crippen LogP contribution in [0.1, 0.15) is 21.5 Å². The van der Waals surface area contributed by atoms with Gasteiger partial charge in [-0.05, 0) is 29.8 Å². The van der Waals surface area contributed by atoms with Gasteiger partial charge in [-0.15, -0.1) is 0 Å². The molecule has 0 aromatic heterocycles. The molecule has 0 spiro atoms. The zero-order valence-corrected chi connectivity index (χ0v) is 10.8. The number of hydrogen-bond donors (Lipinski definition) is 0. The number of hydrogen-bond acceptors (Lipinski definition) is 3. The minimum absolute atomic E-state index is 0.258. The predicted octanol–water partition coefficient (Wildman–Crippen LogP) is 3.15. The van der Waals surface area contributed by atoms with E-state index in [1.807, 2.05) is 0 Å². The van der Waals surface area contributed by atoms with Gasteiger partial charge in [0, 0.05) is 17.5 Å². The van der Waals surface area contributed by atoms with E-state index in [9.17, 15) is 9.18 Å². The van der Waals surface area contributed by atoms with Crippen molar-refractivity contribution in [2.45, 2.75) is 13.0 Å². The molecule has 3 nitrogen and oxygen atoms in total. The molecule has 1 aliphatic heterocycles. The molecule has 0 radical (unpaired) electrons. The van der Waals surface area contributed by atoms with Gasteiger partial charge in [-0.3, -0.25) is 4.79 Å². The Morgan fingerprint density at radius 3 is 3.00 bits per heavy atom. The SMILES string of the molecule is O=Cc1ccc(OCc2cccc(F)c2)c2c1CCO2. The van der Waals surface area contributed by atoms with Crippen molar-refractivity contribution in [2.75, 3.05) is 6.61 Å². The molecule has 0 unspecified atom stereocenters. The summed E-state index contributed by atoms with van der Waals surface area (Å²) < 4.78 is 24.3. The van der Waals surface area contributed by atoms with Crippen LogP contribution in [0, 0.1) is 5.82 Å². The van der Waals surface area contributed by atoms with E-state index in [-0.39, 0.29) is 12.4 Å². The summed E-state index contributed by atoms with van der Waals surface area (Å²) >= 11 is 0.